The second kappa shape index (κ2) is 4.15. The van der Waals surface area contributed by atoms with Crippen molar-refractivity contribution in [3.63, 3.8) is 0 Å². The van der Waals surface area contributed by atoms with E-state index in [0.717, 1.165) is 19.3 Å². The molecule has 1 N–H and O–H groups in total. The molecule has 0 saturated heterocycles. The van der Waals surface area contributed by atoms with Crippen LogP contribution < -0.4 is 4.72 Å². The molecule has 0 heterocycles. The van der Waals surface area contributed by atoms with E-state index in [4.69, 9.17) is 11.6 Å². The van der Waals surface area contributed by atoms with Crippen molar-refractivity contribution < 1.29 is 8.42 Å². The molecule has 0 radical (unpaired) electrons. The summed E-state index contributed by atoms with van der Waals surface area (Å²) in [7, 11) is -3.10. The highest BCUT2D eigenvalue weighted by Gasteiger charge is 2.35. The quantitative estimate of drug-likeness (QED) is 0.721. The lowest BCUT2D eigenvalue weighted by Crippen LogP contribution is -2.51. The van der Waals surface area contributed by atoms with Gasteiger partial charge >= 0.3 is 0 Å². The van der Waals surface area contributed by atoms with E-state index >= 15 is 0 Å². The van der Waals surface area contributed by atoms with Crippen LogP contribution in [0.15, 0.2) is 0 Å². The van der Waals surface area contributed by atoms with Gasteiger partial charge < -0.3 is 0 Å². The molecule has 78 valence electrons. The summed E-state index contributed by atoms with van der Waals surface area (Å²) in [5.41, 5.74) is -0.175. The van der Waals surface area contributed by atoms with Crippen LogP contribution in [-0.2, 0) is 10.0 Å². The summed E-state index contributed by atoms with van der Waals surface area (Å²) in [6.07, 6.45) is 3.54. The second-order valence-corrected chi connectivity index (χ2v) is 6.10. The van der Waals surface area contributed by atoms with Crippen LogP contribution in [0, 0.1) is 0 Å². The SMILES string of the molecule is CC1(NS(=O)(=O)CCCCl)CCC1. The first-order chi connectivity index (χ1) is 5.97. The van der Waals surface area contributed by atoms with Crippen molar-refractivity contribution in [1.29, 1.82) is 0 Å². The molecule has 0 spiro atoms. The Bertz CT molecular complexity index is 259. The van der Waals surface area contributed by atoms with Crippen LogP contribution in [0.1, 0.15) is 32.6 Å². The average Bonchev–Trinajstić information content (AvgIpc) is 1.97. The minimum Gasteiger partial charge on any atom is -0.212 e. The molecule has 0 bridgehead atoms. The van der Waals surface area contributed by atoms with Crippen LogP contribution in [0.25, 0.3) is 0 Å². The number of hydrogen-bond acceptors (Lipinski definition) is 2. The maximum atomic E-state index is 11.4. The number of nitrogens with one attached hydrogen (secondary N) is 1. The highest BCUT2D eigenvalue weighted by molar-refractivity contribution is 7.89. The fourth-order valence-electron chi connectivity index (χ4n) is 1.48. The molecule has 1 aliphatic rings. The normalized spacial score (nSPS) is 21.1. The monoisotopic (exact) mass is 225 g/mol. The summed E-state index contributed by atoms with van der Waals surface area (Å²) in [6, 6.07) is 0. The maximum Gasteiger partial charge on any atom is 0.212 e. The van der Waals surface area contributed by atoms with Crippen molar-refractivity contribution in [3.05, 3.63) is 0 Å². The molecule has 0 aromatic carbocycles. The molecule has 0 aromatic heterocycles. The maximum absolute atomic E-state index is 11.4. The summed E-state index contributed by atoms with van der Waals surface area (Å²) in [6.45, 7) is 1.95. The van der Waals surface area contributed by atoms with Gasteiger partial charge in [0, 0.05) is 11.4 Å². The van der Waals surface area contributed by atoms with Crippen molar-refractivity contribution in [2.75, 3.05) is 11.6 Å². The lowest BCUT2D eigenvalue weighted by molar-refractivity contribution is 0.248. The van der Waals surface area contributed by atoms with E-state index in [2.05, 4.69) is 4.72 Å². The van der Waals surface area contributed by atoms with E-state index in [0.29, 0.717) is 12.3 Å². The van der Waals surface area contributed by atoms with Crippen LogP contribution in [-0.4, -0.2) is 25.6 Å². The number of sulfonamides is 1. The average molecular weight is 226 g/mol. The van der Waals surface area contributed by atoms with E-state index in [9.17, 15) is 8.42 Å². The van der Waals surface area contributed by atoms with Crippen molar-refractivity contribution in [1.82, 2.24) is 4.72 Å². The van der Waals surface area contributed by atoms with Crippen molar-refractivity contribution in [2.24, 2.45) is 0 Å². The topological polar surface area (TPSA) is 46.2 Å². The van der Waals surface area contributed by atoms with Crippen LogP contribution in [0.5, 0.6) is 0 Å². The van der Waals surface area contributed by atoms with Crippen LogP contribution in [0.4, 0.5) is 0 Å². The van der Waals surface area contributed by atoms with Gasteiger partial charge in [0.15, 0.2) is 0 Å². The van der Waals surface area contributed by atoms with Gasteiger partial charge in [-0.3, -0.25) is 0 Å². The Morgan fingerprint density at radius 3 is 2.46 bits per heavy atom. The molecule has 13 heavy (non-hydrogen) atoms. The molecule has 1 fully saturated rings. The van der Waals surface area contributed by atoms with Gasteiger partial charge in [-0.15, -0.1) is 11.6 Å². The fourth-order valence-corrected chi connectivity index (χ4v) is 3.35. The predicted octanol–water partition coefficient (Wildman–Crippen LogP) is 1.48. The smallest absolute Gasteiger partial charge is 0.212 e. The standard InChI is InChI=1S/C8H16ClNO2S/c1-8(4-2-5-8)10-13(11,12)7-3-6-9/h10H,2-7H2,1H3. The third-order valence-corrected chi connectivity index (χ3v) is 4.30. The van der Waals surface area contributed by atoms with E-state index in [1.165, 1.54) is 0 Å². The first-order valence-corrected chi connectivity index (χ1v) is 6.74. The zero-order valence-electron chi connectivity index (χ0n) is 7.85. The first kappa shape index (κ1) is 11.3. The lowest BCUT2D eigenvalue weighted by Gasteiger charge is -2.38. The summed E-state index contributed by atoms with van der Waals surface area (Å²) in [4.78, 5) is 0. The van der Waals surface area contributed by atoms with E-state index in [1.54, 1.807) is 0 Å². The number of alkyl halides is 1. The Kier molecular flexibility index (Phi) is 3.60. The Morgan fingerprint density at radius 1 is 1.46 bits per heavy atom. The molecular formula is C8H16ClNO2S. The van der Waals surface area contributed by atoms with Gasteiger partial charge in [-0.05, 0) is 32.6 Å². The van der Waals surface area contributed by atoms with Gasteiger partial charge in [0.05, 0.1) is 5.75 Å². The highest BCUT2D eigenvalue weighted by Crippen LogP contribution is 2.31. The van der Waals surface area contributed by atoms with Gasteiger partial charge in [0.1, 0.15) is 0 Å². The molecule has 1 aliphatic carbocycles. The van der Waals surface area contributed by atoms with Crippen LogP contribution in [0.3, 0.4) is 0 Å². The fraction of sp³-hybridized carbons (Fsp3) is 1.00. The zero-order chi connectivity index (χ0) is 9.95. The second-order valence-electron chi connectivity index (χ2n) is 3.88. The lowest BCUT2D eigenvalue weighted by atomic mass is 9.80. The molecule has 3 nitrogen and oxygen atoms in total. The van der Waals surface area contributed by atoms with Crippen molar-refractivity contribution >= 4 is 21.6 Å². The molecule has 0 aromatic rings. The van der Waals surface area contributed by atoms with Gasteiger partial charge in [-0.2, -0.15) is 0 Å². The Morgan fingerprint density at radius 2 is 2.08 bits per heavy atom. The third kappa shape index (κ3) is 3.44. The summed E-state index contributed by atoms with van der Waals surface area (Å²) >= 11 is 5.43. The molecule has 5 heteroatoms. The summed E-state index contributed by atoms with van der Waals surface area (Å²) < 4.78 is 25.6. The van der Waals surface area contributed by atoms with E-state index in [1.807, 2.05) is 6.92 Å². The van der Waals surface area contributed by atoms with Crippen LogP contribution in [0.2, 0.25) is 0 Å². The molecule has 0 amide bonds. The number of hydrogen-bond donors (Lipinski definition) is 1. The number of halogens is 1. The van der Waals surface area contributed by atoms with Crippen molar-refractivity contribution in [3.8, 4) is 0 Å². The zero-order valence-corrected chi connectivity index (χ0v) is 9.42. The summed E-state index contributed by atoms with van der Waals surface area (Å²) in [5.74, 6) is 0.545. The molecule has 0 aliphatic heterocycles. The van der Waals surface area contributed by atoms with E-state index in [-0.39, 0.29) is 11.3 Å². The highest BCUT2D eigenvalue weighted by atomic mass is 35.5. The third-order valence-electron chi connectivity index (χ3n) is 2.41. The largest absolute Gasteiger partial charge is 0.212 e. The molecule has 1 rings (SSSR count). The molecule has 0 atom stereocenters. The van der Waals surface area contributed by atoms with Crippen LogP contribution >= 0.6 is 11.6 Å². The minimum absolute atomic E-state index is 0.145. The minimum atomic E-state index is -3.10. The molecule has 1 saturated carbocycles. The van der Waals surface area contributed by atoms with Gasteiger partial charge in [0.25, 0.3) is 0 Å². The Balaban J connectivity index is 2.42. The predicted molar refractivity (Wildman–Crippen MR) is 54.5 cm³/mol. The molecular weight excluding hydrogens is 210 g/mol. The molecule has 0 unspecified atom stereocenters. The van der Waals surface area contributed by atoms with E-state index < -0.39 is 10.0 Å². The van der Waals surface area contributed by atoms with Gasteiger partial charge in [-0.25, -0.2) is 13.1 Å². The summed E-state index contributed by atoms with van der Waals surface area (Å²) in [5, 5.41) is 0. The Hall–Kier alpha value is 0.200. The first-order valence-electron chi connectivity index (χ1n) is 4.55. The van der Waals surface area contributed by atoms with Gasteiger partial charge in [-0.1, -0.05) is 0 Å². The van der Waals surface area contributed by atoms with Gasteiger partial charge in [0.2, 0.25) is 10.0 Å². The number of rotatable bonds is 5. The Labute approximate surface area is 84.9 Å². The van der Waals surface area contributed by atoms with Crippen molar-refractivity contribution in [2.45, 2.75) is 38.1 Å².